The van der Waals surface area contributed by atoms with Crippen molar-refractivity contribution in [3.05, 3.63) is 54.6 Å². The van der Waals surface area contributed by atoms with Gasteiger partial charge < -0.3 is 15.2 Å². The van der Waals surface area contributed by atoms with E-state index in [1.165, 1.54) is 0 Å². The number of nitrogens with one attached hydrogen (secondary N) is 1. The van der Waals surface area contributed by atoms with Gasteiger partial charge in [-0.15, -0.1) is 0 Å². The molecule has 92 valence electrons. The Hall–Kier alpha value is -2.49. The highest BCUT2D eigenvalue weighted by atomic mass is 16.5. The molecule has 0 aliphatic carbocycles. The zero-order valence-electron chi connectivity index (χ0n) is 9.67. The smallest absolute Gasteiger partial charge is 0.322 e. The largest absolute Gasteiger partial charge is 0.480 e. The number of anilines is 1. The molecule has 2 N–H and O–H groups in total. The molecule has 4 heteroatoms. The molecular weight excluding hydrogens is 230 g/mol. The van der Waals surface area contributed by atoms with E-state index in [2.05, 4.69) is 5.32 Å². The highest BCUT2D eigenvalue weighted by Gasteiger charge is 2.05. The third-order valence-electron chi connectivity index (χ3n) is 2.29. The summed E-state index contributed by atoms with van der Waals surface area (Å²) in [6.07, 6.45) is 0. The molecular formula is C14H13NO3. The summed E-state index contributed by atoms with van der Waals surface area (Å²) in [5.41, 5.74) is 0.656. The van der Waals surface area contributed by atoms with E-state index in [1.54, 1.807) is 12.1 Å². The van der Waals surface area contributed by atoms with Gasteiger partial charge in [0, 0.05) is 0 Å². The molecule has 2 aromatic carbocycles. The van der Waals surface area contributed by atoms with Gasteiger partial charge in [-0.25, -0.2) is 0 Å². The molecule has 0 fully saturated rings. The van der Waals surface area contributed by atoms with Crippen LogP contribution in [0.15, 0.2) is 54.6 Å². The number of hydrogen-bond acceptors (Lipinski definition) is 3. The molecule has 0 amide bonds. The number of carbonyl (C=O) groups is 1. The van der Waals surface area contributed by atoms with Gasteiger partial charge in [-0.2, -0.15) is 0 Å². The van der Waals surface area contributed by atoms with Crippen molar-refractivity contribution in [3.63, 3.8) is 0 Å². The van der Waals surface area contributed by atoms with Crippen LogP contribution in [0.2, 0.25) is 0 Å². The van der Waals surface area contributed by atoms with Crippen LogP contribution in [0.3, 0.4) is 0 Å². The molecule has 0 heterocycles. The summed E-state index contributed by atoms with van der Waals surface area (Å²) in [4.78, 5) is 10.5. The zero-order valence-corrected chi connectivity index (χ0v) is 9.67. The number of ether oxygens (including phenoxy) is 1. The van der Waals surface area contributed by atoms with E-state index in [0.29, 0.717) is 17.2 Å². The number of aliphatic carboxylic acids is 1. The highest BCUT2D eigenvalue weighted by molar-refractivity contribution is 5.74. The van der Waals surface area contributed by atoms with Crippen LogP contribution in [-0.2, 0) is 4.79 Å². The average molecular weight is 243 g/mol. The van der Waals surface area contributed by atoms with Gasteiger partial charge >= 0.3 is 5.97 Å². The van der Waals surface area contributed by atoms with Crippen LogP contribution in [0.4, 0.5) is 5.69 Å². The Kier molecular flexibility index (Phi) is 3.81. The van der Waals surface area contributed by atoms with Gasteiger partial charge in [-0.05, 0) is 24.3 Å². The van der Waals surface area contributed by atoms with E-state index in [1.807, 2.05) is 42.5 Å². The molecule has 0 saturated heterocycles. The molecule has 0 unspecified atom stereocenters. The van der Waals surface area contributed by atoms with Crippen LogP contribution < -0.4 is 10.1 Å². The van der Waals surface area contributed by atoms with Crippen LogP contribution >= 0.6 is 0 Å². The third-order valence-corrected chi connectivity index (χ3v) is 2.29. The number of carboxylic acids is 1. The predicted octanol–water partition coefficient (Wildman–Crippen LogP) is 2.98. The molecule has 0 radical (unpaired) electrons. The van der Waals surface area contributed by atoms with Crippen molar-refractivity contribution in [2.45, 2.75) is 0 Å². The fourth-order valence-corrected chi connectivity index (χ4v) is 1.49. The molecule has 2 aromatic rings. The second-order valence-corrected chi connectivity index (χ2v) is 3.66. The molecule has 0 aromatic heterocycles. The SMILES string of the molecule is O=C(O)CNc1ccccc1Oc1ccccc1. The van der Waals surface area contributed by atoms with Crippen LogP contribution in [-0.4, -0.2) is 17.6 Å². The first kappa shape index (κ1) is 12.0. The van der Waals surface area contributed by atoms with Gasteiger partial charge in [0.1, 0.15) is 12.3 Å². The van der Waals surface area contributed by atoms with E-state index < -0.39 is 5.97 Å². The lowest BCUT2D eigenvalue weighted by atomic mass is 10.3. The summed E-state index contributed by atoms with van der Waals surface area (Å²) in [5.74, 6) is 0.400. The fraction of sp³-hybridized carbons (Fsp3) is 0.0714. The maximum absolute atomic E-state index is 10.5. The molecule has 0 aliphatic rings. The first-order chi connectivity index (χ1) is 8.75. The maximum Gasteiger partial charge on any atom is 0.322 e. The summed E-state index contributed by atoms with van der Waals surface area (Å²) in [6, 6.07) is 16.6. The number of para-hydroxylation sites is 3. The lowest BCUT2D eigenvalue weighted by Gasteiger charge is -2.11. The monoisotopic (exact) mass is 243 g/mol. The molecule has 2 rings (SSSR count). The normalized spacial score (nSPS) is 9.78. The Morgan fingerprint density at radius 3 is 2.44 bits per heavy atom. The molecule has 0 spiro atoms. The Bertz CT molecular complexity index is 526. The van der Waals surface area contributed by atoms with Crippen LogP contribution in [0.25, 0.3) is 0 Å². The Labute approximate surface area is 105 Å². The summed E-state index contributed by atoms with van der Waals surface area (Å²) in [5, 5.41) is 11.5. The Morgan fingerprint density at radius 1 is 1.06 bits per heavy atom. The zero-order chi connectivity index (χ0) is 12.8. The van der Waals surface area contributed by atoms with E-state index in [4.69, 9.17) is 9.84 Å². The topological polar surface area (TPSA) is 58.6 Å². The molecule has 0 saturated carbocycles. The fourth-order valence-electron chi connectivity index (χ4n) is 1.49. The number of carboxylic acid groups (broad SMARTS) is 1. The van der Waals surface area contributed by atoms with E-state index in [9.17, 15) is 4.79 Å². The summed E-state index contributed by atoms with van der Waals surface area (Å²) < 4.78 is 5.69. The summed E-state index contributed by atoms with van der Waals surface area (Å²) in [6.45, 7) is -0.144. The number of hydrogen-bond donors (Lipinski definition) is 2. The van der Waals surface area contributed by atoms with Gasteiger partial charge in [-0.3, -0.25) is 4.79 Å². The van der Waals surface area contributed by atoms with Gasteiger partial charge in [0.05, 0.1) is 5.69 Å². The van der Waals surface area contributed by atoms with Crippen LogP contribution in [0.1, 0.15) is 0 Å². The van der Waals surface area contributed by atoms with Crippen LogP contribution in [0.5, 0.6) is 11.5 Å². The number of rotatable bonds is 5. The molecule has 0 atom stereocenters. The van der Waals surface area contributed by atoms with Crippen molar-refractivity contribution in [1.82, 2.24) is 0 Å². The third kappa shape index (κ3) is 3.25. The minimum atomic E-state index is -0.912. The van der Waals surface area contributed by atoms with E-state index >= 15 is 0 Å². The standard InChI is InChI=1S/C14H13NO3/c16-14(17)10-15-12-8-4-5-9-13(12)18-11-6-2-1-3-7-11/h1-9,15H,10H2,(H,16,17). The summed E-state index contributed by atoms with van der Waals surface area (Å²) in [7, 11) is 0. The average Bonchev–Trinajstić information content (AvgIpc) is 2.39. The van der Waals surface area contributed by atoms with Crippen molar-refractivity contribution in [3.8, 4) is 11.5 Å². The van der Waals surface area contributed by atoms with Crippen molar-refractivity contribution in [2.75, 3.05) is 11.9 Å². The minimum absolute atomic E-state index is 0.144. The highest BCUT2D eigenvalue weighted by Crippen LogP contribution is 2.28. The lowest BCUT2D eigenvalue weighted by Crippen LogP contribution is -2.12. The predicted molar refractivity (Wildman–Crippen MR) is 69.1 cm³/mol. The molecule has 18 heavy (non-hydrogen) atoms. The number of benzene rings is 2. The van der Waals surface area contributed by atoms with Gasteiger partial charge in [0.25, 0.3) is 0 Å². The van der Waals surface area contributed by atoms with Crippen molar-refractivity contribution < 1.29 is 14.6 Å². The molecule has 0 bridgehead atoms. The van der Waals surface area contributed by atoms with Crippen molar-refractivity contribution in [1.29, 1.82) is 0 Å². The second kappa shape index (κ2) is 5.72. The van der Waals surface area contributed by atoms with Gasteiger partial charge in [-0.1, -0.05) is 30.3 Å². The first-order valence-corrected chi connectivity index (χ1v) is 5.53. The van der Waals surface area contributed by atoms with E-state index in [-0.39, 0.29) is 6.54 Å². The minimum Gasteiger partial charge on any atom is -0.480 e. The van der Waals surface area contributed by atoms with Gasteiger partial charge in [0.2, 0.25) is 0 Å². The van der Waals surface area contributed by atoms with Gasteiger partial charge in [0.15, 0.2) is 5.75 Å². The first-order valence-electron chi connectivity index (χ1n) is 5.53. The molecule has 0 aliphatic heterocycles. The Balaban J connectivity index is 2.14. The van der Waals surface area contributed by atoms with Crippen LogP contribution in [0, 0.1) is 0 Å². The lowest BCUT2D eigenvalue weighted by molar-refractivity contribution is -0.134. The maximum atomic E-state index is 10.5. The van der Waals surface area contributed by atoms with E-state index in [0.717, 1.165) is 0 Å². The van der Waals surface area contributed by atoms with Crippen molar-refractivity contribution >= 4 is 11.7 Å². The molecule has 4 nitrogen and oxygen atoms in total. The Morgan fingerprint density at radius 2 is 1.72 bits per heavy atom. The van der Waals surface area contributed by atoms with Crippen molar-refractivity contribution in [2.24, 2.45) is 0 Å². The second-order valence-electron chi connectivity index (χ2n) is 3.66. The summed E-state index contributed by atoms with van der Waals surface area (Å²) >= 11 is 0. The quantitative estimate of drug-likeness (QED) is 0.847.